The molecule has 0 aromatic carbocycles. The SMILES string of the molecule is Cc1cc(CNS(=O)(=O)CCCCN)sc1C. The zero-order chi connectivity index (χ0) is 12.9. The molecular formula is C11H20N2O2S2. The summed E-state index contributed by atoms with van der Waals surface area (Å²) in [4.78, 5) is 2.30. The third-order valence-electron chi connectivity index (χ3n) is 2.55. The van der Waals surface area contributed by atoms with E-state index < -0.39 is 10.0 Å². The number of hydrogen-bond donors (Lipinski definition) is 2. The molecule has 1 rings (SSSR count). The summed E-state index contributed by atoms with van der Waals surface area (Å²) in [7, 11) is -3.15. The number of hydrogen-bond acceptors (Lipinski definition) is 4. The summed E-state index contributed by atoms with van der Waals surface area (Å²) in [5.41, 5.74) is 6.54. The van der Waals surface area contributed by atoms with Crippen LogP contribution in [-0.4, -0.2) is 20.7 Å². The number of sulfonamides is 1. The molecule has 0 atom stereocenters. The molecule has 0 saturated carbocycles. The molecule has 0 spiro atoms. The second kappa shape index (κ2) is 6.49. The maximum atomic E-state index is 11.6. The molecule has 0 aliphatic carbocycles. The molecule has 17 heavy (non-hydrogen) atoms. The Kier molecular flexibility index (Phi) is 5.58. The molecule has 6 heteroatoms. The third-order valence-corrected chi connectivity index (χ3v) is 5.11. The van der Waals surface area contributed by atoms with Crippen LogP contribution < -0.4 is 10.5 Å². The fourth-order valence-electron chi connectivity index (χ4n) is 1.43. The third kappa shape index (κ3) is 5.16. The van der Waals surface area contributed by atoms with Crippen LogP contribution in [0.3, 0.4) is 0 Å². The van der Waals surface area contributed by atoms with Gasteiger partial charge in [0.05, 0.1) is 5.75 Å². The maximum absolute atomic E-state index is 11.6. The van der Waals surface area contributed by atoms with E-state index in [4.69, 9.17) is 5.73 Å². The normalized spacial score (nSPS) is 11.9. The molecule has 98 valence electrons. The Morgan fingerprint density at radius 1 is 1.35 bits per heavy atom. The number of unbranched alkanes of at least 4 members (excludes halogenated alkanes) is 1. The highest BCUT2D eigenvalue weighted by Gasteiger charge is 2.10. The Morgan fingerprint density at radius 2 is 2.06 bits per heavy atom. The van der Waals surface area contributed by atoms with Crippen molar-refractivity contribution in [3.05, 3.63) is 21.4 Å². The molecule has 0 saturated heterocycles. The molecule has 0 aliphatic heterocycles. The van der Waals surface area contributed by atoms with Gasteiger partial charge in [0, 0.05) is 16.3 Å². The predicted molar refractivity (Wildman–Crippen MR) is 72.7 cm³/mol. The minimum absolute atomic E-state index is 0.160. The molecule has 0 bridgehead atoms. The highest BCUT2D eigenvalue weighted by molar-refractivity contribution is 7.89. The van der Waals surface area contributed by atoms with Crippen molar-refractivity contribution in [1.29, 1.82) is 0 Å². The van der Waals surface area contributed by atoms with E-state index in [0.29, 0.717) is 19.5 Å². The molecule has 0 radical (unpaired) electrons. The summed E-state index contributed by atoms with van der Waals surface area (Å²) < 4.78 is 25.9. The van der Waals surface area contributed by atoms with Crippen LogP contribution in [0.1, 0.15) is 28.2 Å². The van der Waals surface area contributed by atoms with E-state index >= 15 is 0 Å². The van der Waals surface area contributed by atoms with Gasteiger partial charge >= 0.3 is 0 Å². The first-order valence-corrected chi connectivity index (χ1v) is 8.15. The van der Waals surface area contributed by atoms with Crippen molar-refractivity contribution in [1.82, 2.24) is 4.72 Å². The summed E-state index contributed by atoms with van der Waals surface area (Å²) in [5.74, 6) is 0.160. The Morgan fingerprint density at radius 3 is 2.59 bits per heavy atom. The van der Waals surface area contributed by atoms with Crippen molar-refractivity contribution in [3.63, 3.8) is 0 Å². The molecule has 1 aromatic rings. The van der Waals surface area contributed by atoms with Crippen molar-refractivity contribution in [2.75, 3.05) is 12.3 Å². The van der Waals surface area contributed by atoms with Gasteiger partial charge in [0.25, 0.3) is 0 Å². The van der Waals surface area contributed by atoms with Gasteiger partial charge in [0.1, 0.15) is 0 Å². The van der Waals surface area contributed by atoms with Crippen LogP contribution in [0.5, 0.6) is 0 Å². The van der Waals surface area contributed by atoms with Gasteiger partial charge < -0.3 is 5.73 Å². The van der Waals surface area contributed by atoms with Crippen molar-refractivity contribution >= 4 is 21.4 Å². The molecule has 0 fully saturated rings. The smallest absolute Gasteiger partial charge is 0.211 e. The second-order valence-electron chi connectivity index (χ2n) is 4.09. The molecule has 4 nitrogen and oxygen atoms in total. The molecular weight excluding hydrogens is 256 g/mol. The minimum atomic E-state index is -3.15. The Labute approximate surface area is 107 Å². The van der Waals surface area contributed by atoms with E-state index in [1.165, 1.54) is 10.4 Å². The molecule has 0 aliphatic rings. The fraction of sp³-hybridized carbons (Fsp3) is 0.636. The van der Waals surface area contributed by atoms with Crippen LogP contribution in [-0.2, 0) is 16.6 Å². The number of aryl methyl sites for hydroxylation is 2. The summed E-state index contributed by atoms with van der Waals surface area (Å²) in [5, 5.41) is 0. The van der Waals surface area contributed by atoms with Gasteiger partial charge in [0.15, 0.2) is 0 Å². The first kappa shape index (κ1) is 14.6. The van der Waals surface area contributed by atoms with E-state index in [0.717, 1.165) is 11.3 Å². The fourth-order valence-corrected chi connectivity index (χ4v) is 3.62. The van der Waals surface area contributed by atoms with Crippen molar-refractivity contribution in [2.24, 2.45) is 5.73 Å². The second-order valence-corrected chi connectivity index (χ2v) is 7.35. The molecule has 1 heterocycles. The topological polar surface area (TPSA) is 72.2 Å². The van der Waals surface area contributed by atoms with Crippen LogP contribution in [0.15, 0.2) is 6.07 Å². The van der Waals surface area contributed by atoms with Crippen molar-refractivity contribution < 1.29 is 8.42 Å². The van der Waals surface area contributed by atoms with Gasteiger partial charge in [0.2, 0.25) is 10.0 Å². The van der Waals surface area contributed by atoms with E-state index in [9.17, 15) is 8.42 Å². The van der Waals surface area contributed by atoms with Crippen LogP contribution in [0.4, 0.5) is 0 Å². The van der Waals surface area contributed by atoms with E-state index in [-0.39, 0.29) is 5.75 Å². The lowest BCUT2D eigenvalue weighted by Gasteiger charge is -2.04. The number of nitrogens with two attached hydrogens (primary N) is 1. The van der Waals surface area contributed by atoms with Gasteiger partial charge in [-0.1, -0.05) is 0 Å². The number of rotatable bonds is 7. The largest absolute Gasteiger partial charge is 0.330 e. The van der Waals surface area contributed by atoms with Gasteiger partial charge in [-0.25, -0.2) is 13.1 Å². The highest BCUT2D eigenvalue weighted by atomic mass is 32.2. The lowest BCUT2D eigenvalue weighted by molar-refractivity contribution is 0.577. The van der Waals surface area contributed by atoms with Crippen LogP contribution in [0, 0.1) is 13.8 Å². The molecule has 1 aromatic heterocycles. The lowest BCUT2D eigenvalue weighted by Crippen LogP contribution is -2.25. The van der Waals surface area contributed by atoms with Gasteiger partial charge in [-0.2, -0.15) is 0 Å². The van der Waals surface area contributed by atoms with Crippen LogP contribution in [0.2, 0.25) is 0 Å². The van der Waals surface area contributed by atoms with Crippen LogP contribution >= 0.6 is 11.3 Å². The van der Waals surface area contributed by atoms with E-state index in [1.807, 2.05) is 19.9 Å². The standard InChI is InChI=1S/C11H20N2O2S2/c1-9-7-11(16-10(9)2)8-13-17(14,15)6-4-3-5-12/h7,13H,3-6,8,12H2,1-2H3. The first-order valence-electron chi connectivity index (χ1n) is 5.68. The van der Waals surface area contributed by atoms with Crippen molar-refractivity contribution in [3.8, 4) is 0 Å². The minimum Gasteiger partial charge on any atom is -0.330 e. The summed E-state index contributed by atoms with van der Waals surface area (Å²) in [6, 6.07) is 2.03. The summed E-state index contributed by atoms with van der Waals surface area (Å²) in [6.07, 6.45) is 1.37. The van der Waals surface area contributed by atoms with Gasteiger partial charge in [-0.15, -0.1) is 11.3 Å². The number of nitrogens with one attached hydrogen (secondary N) is 1. The average Bonchev–Trinajstić information content (AvgIpc) is 2.56. The number of thiophene rings is 1. The highest BCUT2D eigenvalue weighted by Crippen LogP contribution is 2.20. The summed E-state index contributed by atoms with van der Waals surface area (Å²) >= 11 is 1.64. The molecule has 0 amide bonds. The summed E-state index contributed by atoms with van der Waals surface area (Å²) in [6.45, 7) is 5.01. The van der Waals surface area contributed by atoms with Crippen LogP contribution in [0.25, 0.3) is 0 Å². The average molecular weight is 276 g/mol. The van der Waals surface area contributed by atoms with E-state index in [2.05, 4.69) is 4.72 Å². The van der Waals surface area contributed by atoms with Gasteiger partial charge in [-0.3, -0.25) is 0 Å². The Hall–Kier alpha value is -0.430. The predicted octanol–water partition coefficient (Wildman–Crippen LogP) is 1.52. The van der Waals surface area contributed by atoms with E-state index in [1.54, 1.807) is 11.3 Å². The zero-order valence-corrected chi connectivity index (χ0v) is 12.0. The Balaban J connectivity index is 2.44. The molecule has 0 unspecified atom stereocenters. The zero-order valence-electron chi connectivity index (χ0n) is 10.3. The molecule has 3 N–H and O–H groups in total. The lowest BCUT2D eigenvalue weighted by atomic mass is 10.3. The van der Waals surface area contributed by atoms with Gasteiger partial charge in [-0.05, 0) is 44.9 Å². The van der Waals surface area contributed by atoms with Crippen molar-refractivity contribution in [2.45, 2.75) is 33.2 Å². The maximum Gasteiger partial charge on any atom is 0.211 e. The monoisotopic (exact) mass is 276 g/mol. The Bertz CT molecular complexity index is 433. The quantitative estimate of drug-likeness (QED) is 0.742. The first-order chi connectivity index (χ1) is 7.94.